The molecule has 1 aliphatic carbocycles. The zero-order valence-corrected chi connectivity index (χ0v) is 23.0. The van der Waals surface area contributed by atoms with Crippen LogP contribution in [-0.4, -0.2) is 33.2 Å². The van der Waals surface area contributed by atoms with Crippen molar-refractivity contribution >= 4 is 24.2 Å². The van der Waals surface area contributed by atoms with Gasteiger partial charge in [0.15, 0.2) is 8.32 Å². The zero-order chi connectivity index (χ0) is 24.0. The van der Waals surface area contributed by atoms with E-state index in [1.165, 1.54) is 0 Å². The zero-order valence-electron chi connectivity index (χ0n) is 20.5. The highest BCUT2D eigenvalue weighted by atomic mass is 79.9. The predicted molar refractivity (Wildman–Crippen MR) is 135 cm³/mol. The first-order chi connectivity index (χ1) is 15.5. The Morgan fingerprint density at radius 2 is 1.88 bits per heavy atom. The second kappa shape index (κ2) is 9.08. The van der Waals surface area contributed by atoms with E-state index in [1.54, 1.807) is 13.2 Å². The van der Waals surface area contributed by atoms with Crippen LogP contribution in [0.1, 0.15) is 44.7 Å². The van der Waals surface area contributed by atoms with Gasteiger partial charge < -0.3 is 9.16 Å². The molecule has 180 valence electrons. The van der Waals surface area contributed by atoms with E-state index in [-0.39, 0.29) is 28.4 Å². The minimum absolute atomic E-state index is 0.149. The second-order valence-corrected chi connectivity index (χ2v) is 16.5. The predicted octanol–water partition coefficient (Wildman–Crippen LogP) is 7.04. The lowest BCUT2D eigenvalue weighted by Crippen LogP contribution is -2.45. The quantitative estimate of drug-likeness (QED) is 0.371. The molecular weight excluding hydrogens is 501 g/mol. The summed E-state index contributed by atoms with van der Waals surface area (Å²) in [6.07, 6.45) is 1.93. The van der Waals surface area contributed by atoms with Crippen LogP contribution in [0.3, 0.4) is 0 Å². The Hall–Kier alpha value is -1.25. The standard InChI is InChI=1S/C26H35BrFNO3Si/c1-25(2,3)33(5,6)32-22-13-20-17-31-29(16-18-7-10-21(30-4)11-8-18)26(20,15-22)19-9-12-24(28)23(27)14-19/h7-12,14,20,22H,13,15-17H2,1-6H3. The maximum atomic E-state index is 14.2. The first kappa shape index (κ1) is 24.9. The highest BCUT2D eigenvalue weighted by Gasteiger charge is 2.58. The van der Waals surface area contributed by atoms with Crippen molar-refractivity contribution in [1.29, 1.82) is 0 Å². The van der Waals surface area contributed by atoms with Crippen LogP contribution in [0.15, 0.2) is 46.9 Å². The molecule has 3 unspecified atom stereocenters. The van der Waals surface area contributed by atoms with Crippen molar-refractivity contribution < 1.29 is 18.4 Å². The Kier molecular flexibility index (Phi) is 6.84. The average Bonchev–Trinajstić information content (AvgIpc) is 3.26. The fourth-order valence-electron chi connectivity index (χ4n) is 4.95. The average molecular weight is 537 g/mol. The van der Waals surface area contributed by atoms with Gasteiger partial charge in [-0.15, -0.1) is 0 Å². The Labute approximate surface area is 206 Å². The summed E-state index contributed by atoms with van der Waals surface area (Å²) >= 11 is 3.41. The Bertz CT molecular complexity index is 994. The lowest BCUT2D eigenvalue weighted by Gasteiger charge is -2.40. The molecule has 1 saturated heterocycles. The molecule has 2 fully saturated rings. The van der Waals surface area contributed by atoms with Gasteiger partial charge in [0.25, 0.3) is 0 Å². The minimum atomic E-state index is -1.92. The molecule has 1 saturated carbocycles. The van der Waals surface area contributed by atoms with Gasteiger partial charge in [-0.3, -0.25) is 4.84 Å². The van der Waals surface area contributed by atoms with Crippen molar-refractivity contribution in [1.82, 2.24) is 5.06 Å². The van der Waals surface area contributed by atoms with E-state index in [0.29, 0.717) is 17.6 Å². The third-order valence-electron chi connectivity index (χ3n) is 7.81. The lowest BCUT2D eigenvalue weighted by molar-refractivity contribution is -0.179. The Morgan fingerprint density at radius 3 is 2.48 bits per heavy atom. The van der Waals surface area contributed by atoms with E-state index in [2.05, 4.69) is 67.0 Å². The Balaban J connectivity index is 1.68. The summed E-state index contributed by atoms with van der Waals surface area (Å²) in [6, 6.07) is 13.5. The third-order valence-corrected chi connectivity index (χ3v) is 13.0. The van der Waals surface area contributed by atoms with Crippen LogP contribution in [0.2, 0.25) is 18.1 Å². The molecular formula is C26H35BrFNO3Si. The molecule has 0 aromatic heterocycles. The van der Waals surface area contributed by atoms with Crippen molar-refractivity contribution in [3.8, 4) is 5.75 Å². The first-order valence-corrected chi connectivity index (χ1v) is 15.3. The Morgan fingerprint density at radius 1 is 1.18 bits per heavy atom. The van der Waals surface area contributed by atoms with Crippen LogP contribution < -0.4 is 4.74 Å². The van der Waals surface area contributed by atoms with Gasteiger partial charge in [-0.05, 0) is 82.3 Å². The molecule has 2 aliphatic rings. The molecule has 2 aromatic rings. The summed E-state index contributed by atoms with van der Waals surface area (Å²) in [6.45, 7) is 12.7. The molecule has 1 aliphatic heterocycles. The molecule has 0 amide bonds. The number of hydrogen-bond acceptors (Lipinski definition) is 4. The van der Waals surface area contributed by atoms with Crippen LogP contribution in [-0.2, 0) is 21.3 Å². The van der Waals surface area contributed by atoms with Gasteiger partial charge in [-0.2, -0.15) is 5.06 Å². The second-order valence-electron chi connectivity index (χ2n) is 10.9. The molecule has 0 bridgehead atoms. The molecule has 4 nitrogen and oxygen atoms in total. The third kappa shape index (κ3) is 4.67. The first-order valence-electron chi connectivity index (χ1n) is 11.6. The summed E-state index contributed by atoms with van der Waals surface area (Å²) in [5, 5.41) is 2.27. The smallest absolute Gasteiger partial charge is 0.192 e. The maximum Gasteiger partial charge on any atom is 0.192 e. The lowest BCUT2D eigenvalue weighted by atomic mass is 9.81. The van der Waals surface area contributed by atoms with Crippen molar-refractivity contribution in [2.45, 2.75) is 69.9 Å². The van der Waals surface area contributed by atoms with Gasteiger partial charge >= 0.3 is 0 Å². The number of benzene rings is 2. The highest BCUT2D eigenvalue weighted by Crippen LogP contribution is 2.55. The van der Waals surface area contributed by atoms with Gasteiger partial charge in [0, 0.05) is 12.0 Å². The number of methoxy groups -OCH3 is 1. The number of halogens is 2. The van der Waals surface area contributed by atoms with Crippen molar-refractivity contribution in [3.05, 3.63) is 63.9 Å². The topological polar surface area (TPSA) is 30.9 Å². The van der Waals surface area contributed by atoms with Crippen LogP contribution in [0.4, 0.5) is 4.39 Å². The van der Waals surface area contributed by atoms with Gasteiger partial charge in [-0.25, -0.2) is 4.39 Å². The maximum absolute atomic E-state index is 14.2. The van der Waals surface area contributed by atoms with E-state index in [0.717, 1.165) is 29.7 Å². The summed E-state index contributed by atoms with van der Waals surface area (Å²) in [7, 11) is -0.248. The summed E-state index contributed by atoms with van der Waals surface area (Å²) in [4.78, 5) is 6.30. The number of ether oxygens (including phenoxy) is 1. The molecule has 33 heavy (non-hydrogen) atoms. The van der Waals surface area contributed by atoms with Gasteiger partial charge in [-0.1, -0.05) is 39.0 Å². The molecule has 0 spiro atoms. The van der Waals surface area contributed by atoms with Crippen molar-refractivity contribution in [2.75, 3.05) is 13.7 Å². The molecule has 3 atom stereocenters. The number of rotatable bonds is 6. The molecule has 4 rings (SSSR count). The molecule has 1 heterocycles. The number of hydrogen-bond donors (Lipinski definition) is 0. The monoisotopic (exact) mass is 535 g/mol. The fraction of sp³-hybridized carbons (Fsp3) is 0.538. The summed E-state index contributed by atoms with van der Waals surface area (Å²) in [5.41, 5.74) is 1.86. The minimum Gasteiger partial charge on any atom is -0.497 e. The van der Waals surface area contributed by atoms with Gasteiger partial charge in [0.2, 0.25) is 0 Å². The van der Waals surface area contributed by atoms with Gasteiger partial charge in [0.05, 0.1) is 30.3 Å². The largest absolute Gasteiger partial charge is 0.497 e. The number of nitrogens with zero attached hydrogens (tertiary/aromatic N) is 1. The van der Waals surface area contributed by atoms with E-state index in [9.17, 15) is 4.39 Å². The fourth-order valence-corrected chi connectivity index (χ4v) is 6.69. The summed E-state index contributed by atoms with van der Waals surface area (Å²) in [5.74, 6) is 0.863. The van der Waals surface area contributed by atoms with E-state index >= 15 is 0 Å². The van der Waals surface area contributed by atoms with E-state index < -0.39 is 8.32 Å². The van der Waals surface area contributed by atoms with Crippen molar-refractivity contribution in [2.24, 2.45) is 5.92 Å². The normalized spacial score (nSPS) is 25.9. The molecule has 7 heteroatoms. The highest BCUT2D eigenvalue weighted by molar-refractivity contribution is 9.10. The van der Waals surface area contributed by atoms with Gasteiger partial charge in [0.1, 0.15) is 11.6 Å². The van der Waals surface area contributed by atoms with E-state index in [1.807, 2.05) is 24.3 Å². The van der Waals surface area contributed by atoms with Crippen molar-refractivity contribution in [3.63, 3.8) is 0 Å². The number of fused-ring (bicyclic) bond motifs is 1. The van der Waals surface area contributed by atoms with Crippen LogP contribution >= 0.6 is 15.9 Å². The van der Waals surface area contributed by atoms with Crippen LogP contribution in [0.25, 0.3) is 0 Å². The van der Waals surface area contributed by atoms with Crippen LogP contribution in [0, 0.1) is 11.7 Å². The van der Waals surface area contributed by atoms with Crippen LogP contribution in [0.5, 0.6) is 5.75 Å². The molecule has 0 N–H and O–H groups in total. The van der Waals surface area contributed by atoms with E-state index in [4.69, 9.17) is 14.0 Å². The SMILES string of the molecule is COc1ccc(CN2OCC3CC(O[Si](C)(C)C(C)(C)C)CC32c2ccc(F)c(Br)c2)cc1. The summed E-state index contributed by atoms with van der Waals surface area (Å²) < 4.78 is 26.8. The number of hydroxylamine groups is 2. The molecule has 2 aromatic carbocycles. The molecule has 0 radical (unpaired) electrons.